The summed E-state index contributed by atoms with van der Waals surface area (Å²) in [7, 11) is -4.58. The first-order valence-electron chi connectivity index (χ1n) is 9.12. The molecule has 26 heavy (non-hydrogen) atoms. The molecule has 0 unspecified atom stereocenters. The monoisotopic (exact) mass is 409 g/mol. The number of primary sulfonamides is 1. The molecule has 1 aromatic carbocycles. The predicted octanol–water partition coefficient (Wildman–Crippen LogP) is 5.16. The number of hydrogen-bond acceptors (Lipinski definition) is 3. The lowest BCUT2D eigenvalue weighted by Crippen LogP contribution is -2.21. The van der Waals surface area contributed by atoms with E-state index in [0.717, 1.165) is 56.7 Å². The molecule has 2 N–H and O–H groups in total. The lowest BCUT2D eigenvalue weighted by molar-refractivity contribution is 0.363. The SMILES string of the molecule is CCCSc1c(F)c(F)c(S(N)(=O)=O)c(CC2CCCCCCC2)c1F. The third-order valence-corrected chi connectivity index (χ3v) is 7.04. The third kappa shape index (κ3) is 5.16. The number of benzene rings is 1. The quantitative estimate of drug-likeness (QED) is 0.522. The van der Waals surface area contributed by atoms with Crippen LogP contribution in [-0.2, 0) is 16.4 Å². The zero-order chi connectivity index (χ0) is 19.3. The van der Waals surface area contributed by atoms with Crippen molar-refractivity contribution in [3.05, 3.63) is 23.0 Å². The van der Waals surface area contributed by atoms with E-state index in [1.807, 2.05) is 6.92 Å². The lowest BCUT2D eigenvalue weighted by atomic mass is 9.86. The van der Waals surface area contributed by atoms with Gasteiger partial charge in [-0.2, -0.15) is 0 Å². The van der Waals surface area contributed by atoms with E-state index in [-0.39, 0.29) is 17.9 Å². The van der Waals surface area contributed by atoms with Gasteiger partial charge in [-0.1, -0.05) is 51.9 Å². The highest BCUT2D eigenvalue weighted by Crippen LogP contribution is 2.37. The van der Waals surface area contributed by atoms with Crippen LogP contribution in [-0.4, -0.2) is 14.2 Å². The lowest BCUT2D eigenvalue weighted by Gasteiger charge is -2.22. The van der Waals surface area contributed by atoms with E-state index in [1.165, 1.54) is 0 Å². The van der Waals surface area contributed by atoms with Crippen LogP contribution in [0.25, 0.3) is 0 Å². The van der Waals surface area contributed by atoms with E-state index >= 15 is 4.39 Å². The molecule has 0 aliphatic heterocycles. The normalized spacial score (nSPS) is 17.1. The molecule has 2 rings (SSSR count). The van der Waals surface area contributed by atoms with Gasteiger partial charge in [0.2, 0.25) is 10.0 Å². The summed E-state index contributed by atoms with van der Waals surface area (Å²) in [5.41, 5.74) is -0.296. The van der Waals surface area contributed by atoms with E-state index in [4.69, 9.17) is 5.14 Å². The highest BCUT2D eigenvalue weighted by atomic mass is 32.2. The molecule has 0 atom stereocenters. The van der Waals surface area contributed by atoms with Crippen LogP contribution in [0.4, 0.5) is 13.2 Å². The second-order valence-electron chi connectivity index (χ2n) is 6.89. The molecule has 0 heterocycles. The van der Waals surface area contributed by atoms with Crippen LogP contribution in [0.3, 0.4) is 0 Å². The summed E-state index contributed by atoms with van der Waals surface area (Å²) in [6, 6.07) is 0. The summed E-state index contributed by atoms with van der Waals surface area (Å²) in [6.07, 6.45) is 7.62. The zero-order valence-corrected chi connectivity index (χ0v) is 16.6. The fraction of sp³-hybridized carbons (Fsp3) is 0.667. The first kappa shape index (κ1) is 21.6. The molecule has 1 aromatic rings. The van der Waals surface area contributed by atoms with Crippen LogP contribution in [0.2, 0.25) is 0 Å². The average Bonchev–Trinajstić information content (AvgIpc) is 2.53. The van der Waals surface area contributed by atoms with E-state index in [2.05, 4.69) is 0 Å². The van der Waals surface area contributed by atoms with Crippen molar-refractivity contribution in [2.75, 3.05) is 5.75 Å². The molecule has 1 aliphatic carbocycles. The van der Waals surface area contributed by atoms with Crippen LogP contribution >= 0.6 is 11.8 Å². The first-order chi connectivity index (χ1) is 12.3. The molecular weight excluding hydrogens is 383 g/mol. The highest BCUT2D eigenvalue weighted by molar-refractivity contribution is 7.99. The maximum atomic E-state index is 15.0. The van der Waals surface area contributed by atoms with E-state index in [1.54, 1.807) is 0 Å². The zero-order valence-electron chi connectivity index (χ0n) is 15.0. The molecule has 0 aromatic heterocycles. The third-order valence-electron chi connectivity index (χ3n) is 4.78. The Morgan fingerprint density at radius 1 is 1.00 bits per heavy atom. The number of halogens is 3. The molecule has 3 nitrogen and oxygen atoms in total. The second kappa shape index (κ2) is 9.46. The van der Waals surface area contributed by atoms with Gasteiger partial charge >= 0.3 is 0 Å². The number of sulfonamides is 1. The van der Waals surface area contributed by atoms with Gasteiger partial charge in [0.15, 0.2) is 11.6 Å². The van der Waals surface area contributed by atoms with Gasteiger partial charge in [-0.15, -0.1) is 11.8 Å². The van der Waals surface area contributed by atoms with Crippen molar-refractivity contribution in [1.82, 2.24) is 0 Å². The highest BCUT2D eigenvalue weighted by Gasteiger charge is 2.31. The van der Waals surface area contributed by atoms with Gasteiger partial charge in [0, 0.05) is 5.56 Å². The molecule has 0 amide bonds. The van der Waals surface area contributed by atoms with Gasteiger partial charge in [-0.3, -0.25) is 0 Å². The van der Waals surface area contributed by atoms with Crippen molar-refractivity contribution in [2.45, 2.75) is 74.5 Å². The summed E-state index contributed by atoms with van der Waals surface area (Å²) in [5.74, 6) is -3.56. The number of rotatable bonds is 6. The minimum Gasteiger partial charge on any atom is -0.225 e. The topological polar surface area (TPSA) is 60.2 Å². The maximum absolute atomic E-state index is 15.0. The molecule has 0 bridgehead atoms. The van der Waals surface area contributed by atoms with Gasteiger partial charge in [0.1, 0.15) is 10.7 Å². The van der Waals surface area contributed by atoms with Gasteiger partial charge in [0.25, 0.3) is 0 Å². The van der Waals surface area contributed by atoms with Crippen molar-refractivity contribution >= 4 is 21.8 Å². The van der Waals surface area contributed by atoms with Crippen molar-refractivity contribution in [3.63, 3.8) is 0 Å². The Bertz CT molecular complexity index is 731. The Balaban J connectivity index is 2.51. The van der Waals surface area contributed by atoms with Gasteiger partial charge in [0.05, 0.1) is 4.90 Å². The number of thioether (sulfide) groups is 1. The van der Waals surface area contributed by atoms with Crippen LogP contribution in [0.15, 0.2) is 9.79 Å². The van der Waals surface area contributed by atoms with E-state index in [9.17, 15) is 17.2 Å². The Morgan fingerprint density at radius 2 is 1.58 bits per heavy atom. The number of nitrogens with two attached hydrogens (primary N) is 1. The minimum absolute atomic E-state index is 0.0409. The molecular formula is C18H26F3NO2S2. The molecule has 0 radical (unpaired) electrons. The summed E-state index contributed by atoms with van der Waals surface area (Å²) >= 11 is 0.865. The number of hydrogen-bond donors (Lipinski definition) is 1. The molecule has 148 valence electrons. The molecule has 8 heteroatoms. The predicted molar refractivity (Wildman–Crippen MR) is 98.2 cm³/mol. The van der Waals surface area contributed by atoms with Crippen LogP contribution in [0.1, 0.15) is 63.9 Å². The second-order valence-corrected chi connectivity index (χ2v) is 9.49. The van der Waals surface area contributed by atoms with Crippen molar-refractivity contribution in [3.8, 4) is 0 Å². The van der Waals surface area contributed by atoms with E-state index < -0.39 is 37.3 Å². The molecule has 0 saturated heterocycles. The Kier molecular flexibility index (Phi) is 7.85. The molecule has 1 saturated carbocycles. The largest absolute Gasteiger partial charge is 0.241 e. The Labute approximate surface area is 158 Å². The Hall–Kier alpha value is -0.730. The van der Waals surface area contributed by atoms with Crippen LogP contribution in [0.5, 0.6) is 0 Å². The van der Waals surface area contributed by atoms with Gasteiger partial charge in [-0.05, 0) is 24.5 Å². The maximum Gasteiger partial charge on any atom is 0.241 e. The molecule has 1 fully saturated rings. The van der Waals surface area contributed by atoms with Crippen LogP contribution < -0.4 is 5.14 Å². The minimum atomic E-state index is -4.58. The summed E-state index contributed by atoms with van der Waals surface area (Å²) < 4.78 is 67.6. The summed E-state index contributed by atoms with van der Waals surface area (Å²) in [5, 5.41) is 5.10. The summed E-state index contributed by atoms with van der Waals surface area (Å²) in [4.78, 5) is -1.46. The summed E-state index contributed by atoms with van der Waals surface area (Å²) in [6.45, 7) is 1.84. The van der Waals surface area contributed by atoms with E-state index in [0.29, 0.717) is 12.2 Å². The van der Waals surface area contributed by atoms with Gasteiger partial charge in [-0.25, -0.2) is 26.7 Å². The van der Waals surface area contributed by atoms with Crippen molar-refractivity contribution in [1.29, 1.82) is 0 Å². The molecule has 0 spiro atoms. The van der Waals surface area contributed by atoms with Crippen molar-refractivity contribution in [2.24, 2.45) is 11.1 Å². The standard InChI is InChI=1S/C18H26F3NO2S2/c1-2-10-25-17-14(19)13(11-12-8-6-4-3-5-7-9-12)18(26(22,23)24)16(21)15(17)20/h12H,2-11H2,1H3,(H2,22,23,24). The smallest absolute Gasteiger partial charge is 0.225 e. The first-order valence-corrected chi connectivity index (χ1v) is 11.7. The average molecular weight is 410 g/mol. The Morgan fingerprint density at radius 3 is 2.12 bits per heavy atom. The van der Waals surface area contributed by atoms with Gasteiger partial charge < -0.3 is 0 Å². The van der Waals surface area contributed by atoms with Crippen molar-refractivity contribution < 1.29 is 21.6 Å². The van der Waals surface area contributed by atoms with Crippen LogP contribution in [0, 0.1) is 23.4 Å². The fourth-order valence-electron chi connectivity index (χ4n) is 3.51. The fourth-order valence-corrected chi connectivity index (χ4v) is 5.24. The molecule has 1 aliphatic rings.